The van der Waals surface area contributed by atoms with Gasteiger partial charge in [0.15, 0.2) is 8.45 Å². The van der Waals surface area contributed by atoms with Gasteiger partial charge in [-0.25, -0.2) is 4.67 Å². The summed E-state index contributed by atoms with van der Waals surface area (Å²) in [6.07, 6.45) is 4.07. The SMILES string of the molecule is CNP1OCC2CCCCN21. The summed E-state index contributed by atoms with van der Waals surface area (Å²) < 4.78 is 8.13. The van der Waals surface area contributed by atoms with Crippen LogP contribution >= 0.6 is 8.45 Å². The van der Waals surface area contributed by atoms with Gasteiger partial charge in [0.05, 0.1) is 6.61 Å². The molecule has 0 bridgehead atoms. The molecule has 0 aromatic rings. The Balaban J connectivity index is 1.98. The Morgan fingerprint density at radius 1 is 1.55 bits per heavy atom. The van der Waals surface area contributed by atoms with E-state index in [2.05, 4.69) is 9.76 Å². The van der Waals surface area contributed by atoms with E-state index in [1.54, 1.807) is 0 Å². The zero-order chi connectivity index (χ0) is 7.68. The van der Waals surface area contributed by atoms with Gasteiger partial charge in [0.25, 0.3) is 0 Å². The Bertz CT molecular complexity index is 138. The molecule has 4 heteroatoms. The molecule has 1 N–H and O–H groups in total. The molecule has 2 heterocycles. The van der Waals surface area contributed by atoms with Crippen LogP contribution in [0.2, 0.25) is 0 Å². The first-order valence-electron chi connectivity index (χ1n) is 4.29. The molecule has 0 spiro atoms. The summed E-state index contributed by atoms with van der Waals surface area (Å²) >= 11 is 0. The van der Waals surface area contributed by atoms with Crippen LogP contribution in [0.1, 0.15) is 19.3 Å². The highest BCUT2D eigenvalue weighted by atomic mass is 31.2. The van der Waals surface area contributed by atoms with Crippen LogP contribution in [-0.2, 0) is 4.52 Å². The molecule has 2 fully saturated rings. The van der Waals surface area contributed by atoms with Gasteiger partial charge in [-0.05, 0) is 19.9 Å². The molecule has 2 saturated heterocycles. The minimum atomic E-state index is -0.417. The summed E-state index contributed by atoms with van der Waals surface area (Å²) in [7, 11) is 1.57. The third-order valence-electron chi connectivity index (χ3n) is 2.41. The van der Waals surface area contributed by atoms with Crippen LogP contribution in [0.15, 0.2) is 0 Å². The fourth-order valence-corrected chi connectivity index (χ4v) is 3.47. The summed E-state index contributed by atoms with van der Waals surface area (Å²) in [4.78, 5) is 0. The standard InChI is InChI=1S/C7H15N2OP/c1-8-11-9-5-3-2-4-7(9)6-10-11/h7-8H,2-6H2,1H3. The van der Waals surface area contributed by atoms with E-state index in [0.717, 1.165) is 12.6 Å². The molecular weight excluding hydrogens is 159 g/mol. The van der Waals surface area contributed by atoms with Crippen LogP contribution in [0, 0.1) is 0 Å². The number of piperidine rings is 1. The van der Waals surface area contributed by atoms with Crippen LogP contribution in [0.25, 0.3) is 0 Å². The second-order valence-electron chi connectivity index (χ2n) is 3.10. The van der Waals surface area contributed by atoms with Crippen molar-refractivity contribution in [2.24, 2.45) is 0 Å². The summed E-state index contributed by atoms with van der Waals surface area (Å²) in [5.41, 5.74) is 0. The first-order chi connectivity index (χ1) is 5.42. The van der Waals surface area contributed by atoms with E-state index in [1.807, 2.05) is 7.05 Å². The van der Waals surface area contributed by atoms with Gasteiger partial charge in [-0.2, -0.15) is 0 Å². The Kier molecular flexibility index (Phi) is 2.42. The molecule has 2 aliphatic rings. The lowest BCUT2D eigenvalue weighted by Crippen LogP contribution is -2.33. The van der Waals surface area contributed by atoms with E-state index in [1.165, 1.54) is 25.8 Å². The maximum Gasteiger partial charge on any atom is 0.185 e. The molecule has 0 aromatic carbocycles. The number of hydrogen-bond acceptors (Lipinski definition) is 3. The summed E-state index contributed by atoms with van der Waals surface area (Å²) in [5, 5.41) is 3.23. The van der Waals surface area contributed by atoms with Gasteiger partial charge in [0, 0.05) is 12.6 Å². The lowest BCUT2D eigenvalue weighted by Gasteiger charge is -2.30. The molecule has 2 rings (SSSR count). The molecule has 2 atom stereocenters. The molecule has 2 unspecified atom stereocenters. The zero-order valence-electron chi connectivity index (χ0n) is 6.92. The average Bonchev–Trinajstić information content (AvgIpc) is 2.47. The number of fused-ring (bicyclic) bond motifs is 1. The zero-order valence-corrected chi connectivity index (χ0v) is 7.81. The van der Waals surface area contributed by atoms with Crippen molar-refractivity contribution in [3.05, 3.63) is 0 Å². The van der Waals surface area contributed by atoms with Crippen LogP contribution in [0.4, 0.5) is 0 Å². The minimum Gasteiger partial charge on any atom is -0.330 e. The highest BCUT2D eigenvalue weighted by molar-refractivity contribution is 7.48. The van der Waals surface area contributed by atoms with Gasteiger partial charge in [0.2, 0.25) is 0 Å². The molecule has 0 radical (unpaired) electrons. The predicted octanol–water partition coefficient (Wildman–Crippen LogP) is 1.32. The molecular formula is C7H15N2OP. The normalized spacial score (nSPS) is 39.0. The highest BCUT2D eigenvalue weighted by Crippen LogP contribution is 2.47. The molecule has 11 heavy (non-hydrogen) atoms. The lowest BCUT2D eigenvalue weighted by molar-refractivity contribution is 0.257. The lowest BCUT2D eigenvalue weighted by atomic mass is 10.1. The van der Waals surface area contributed by atoms with E-state index in [4.69, 9.17) is 4.52 Å². The van der Waals surface area contributed by atoms with E-state index in [9.17, 15) is 0 Å². The van der Waals surface area contributed by atoms with E-state index in [-0.39, 0.29) is 0 Å². The summed E-state index contributed by atoms with van der Waals surface area (Å²) in [6.45, 7) is 2.18. The van der Waals surface area contributed by atoms with Crippen LogP contribution < -0.4 is 5.09 Å². The second-order valence-corrected chi connectivity index (χ2v) is 4.87. The van der Waals surface area contributed by atoms with Gasteiger partial charge in [-0.3, -0.25) is 5.09 Å². The van der Waals surface area contributed by atoms with Gasteiger partial charge >= 0.3 is 0 Å². The minimum absolute atomic E-state index is 0.417. The first kappa shape index (κ1) is 7.93. The Morgan fingerprint density at radius 2 is 2.45 bits per heavy atom. The van der Waals surface area contributed by atoms with Crippen molar-refractivity contribution in [2.45, 2.75) is 25.3 Å². The van der Waals surface area contributed by atoms with Gasteiger partial charge in [0.1, 0.15) is 0 Å². The van der Waals surface area contributed by atoms with E-state index < -0.39 is 8.45 Å². The fourth-order valence-electron chi connectivity index (χ4n) is 1.82. The number of nitrogens with one attached hydrogen (secondary N) is 1. The average molecular weight is 174 g/mol. The van der Waals surface area contributed by atoms with Gasteiger partial charge in [-0.15, -0.1) is 0 Å². The van der Waals surface area contributed by atoms with Crippen LogP contribution in [0.3, 0.4) is 0 Å². The quantitative estimate of drug-likeness (QED) is 0.607. The Morgan fingerprint density at radius 3 is 3.27 bits per heavy atom. The number of rotatable bonds is 1. The van der Waals surface area contributed by atoms with Crippen molar-refractivity contribution in [2.75, 3.05) is 20.2 Å². The molecule has 0 amide bonds. The molecule has 64 valence electrons. The van der Waals surface area contributed by atoms with Gasteiger partial charge < -0.3 is 4.52 Å². The Labute approximate surface area is 69.0 Å². The van der Waals surface area contributed by atoms with Crippen LogP contribution in [-0.4, -0.2) is 30.9 Å². The monoisotopic (exact) mass is 174 g/mol. The summed E-state index contributed by atoms with van der Waals surface area (Å²) in [6, 6.07) is 0.724. The smallest absolute Gasteiger partial charge is 0.185 e. The maximum atomic E-state index is 5.63. The predicted molar refractivity (Wildman–Crippen MR) is 46.3 cm³/mol. The van der Waals surface area contributed by atoms with E-state index in [0.29, 0.717) is 0 Å². The molecule has 0 saturated carbocycles. The van der Waals surface area contributed by atoms with Crippen LogP contribution in [0.5, 0.6) is 0 Å². The molecule has 3 nitrogen and oxygen atoms in total. The third-order valence-corrected chi connectivity index (χ3v) is 4.18. The van der Waals surface area contributed by atoms with Crippen molar-refractivity contribution < 1.29 is 4.52 Å². The van der Waals surface area contributed by atoms with Crippen molar-refractivity contribution >= 4 is 8.45 Å². The third kappa shape index (κ3) is 1.43. The fraction of sp³-hybridized carbons (Fsp3) is 1.00. The largest absolute Gasteiger partial charge is 0.330 e. The molecule has 2 aliphatic heterocycles. The highest BCUT2D eigenvalue weighted by Gasteiger charge is 2.35. The maximum absolute atomic E-state index is 5.63. The van der Waals surface area contributed by atoms with E-state index >= 15 is 0 Å². The topological polar surface area (TPSA) is 24.5 Å². The van der Waals surface area contributed by atoms with Crippen molar-refractivity contribution in [1.82, 2.24) is 9.76 Å². The van der Waals surface area contributed by atoms with Crippen molar-refractivity contribution in [1.29, 1.82) is 0 Å². The number of nitrogens with zero attached hydrogens (tertiary/aromatic N) is 1. The number of hydrogen-bond donors (Lipinski definition) is 1. The molecule has 0 aliphatic carbocycles. The van der Waals surface area contributed by atoms with Crippen molar-refractivity contribution in [3.8, 4) is 0 Å². The van der Waals surface area contributed by atoms with Gasteiger partial charge in [-0.1, -0.05) is 6.42 Å². The summed E-state index contributed by atoms with van der Waals surface area (Å²) in [5.74, 6) is 0. The molecule has 0 aromatic heterocycles. The first-order valence-corrected chi connectivity index (χ1v) is 5.50. The second kappa shape index (κ2) is 3.36. The van der Waals surface area contributed by atoms with Crippen molar-refractivity contribution in [3.63, 3.8) is 0 Å². The Hall–Kier alpha value is 0.310.